The molecule has 1 amide bonds. The minimum atomic E-state index is -1.11. The predicted octanol–water partition coefficient (Wildman–Crippen LogP) is -0.513. The maximum absolute atomic E-state index is 11.8. The van der Waals surface area contributed by atoms with Crippen LogP contribution in [0.3, 0.4) is 0 Å². The molecular weight excluding hydrogens is 250 g/mol. The maximum Gasteiger partial charge on any atom is 0.358 e. The highest BCUT2D eigenvalue weighted by Gasteiger charge is 2.34. The van der Waals surface area contributed by atoms with Gasteiger partial charge in [-0.2, -0.15) is 0 Å². The molecule has 0 spiro atoms. The van der Waals surface area contributed by atoms with Crippen LogP contribution in [0.2, 0.25) is 0 Å². The zero-order valence-electron chi connectivity index (χ0n) is 10.9. The minimum Gasteiger partial charge on any atom is -0.476 e. The van der Waals surface area contributed by atoms with E-state index in [9.17, 15) is 9.59 Å². The molecule has 0 atom stereocenters. The average molecular weight is 267 g/mol. The van der Waals surface area contributed by atoms with Crippen LogP contribution in [0.15, 0.2) is 6.20 Å². The Balaban J connectivity index is 1.89. The molecule has 2 heterocycles. The fraction of sp³-hybridized carbons (Fsp3) is 0.636. The second-order valence-corrected chi connectivity index (χ2v) is 5.51. The first-order chi connectivity index (χ1) is 8.76. The lowest BCUT2D eigenvalue weighted by atomic mass is 9.99. The highest BCUT2D eigenvalue weighted by Crippen LogP contribution is 2.22. The summed E-state index contributed by atoms with van der Waals surface area (Å²) in [6.07, 6.45) is 1.67. The second kappa shape index (κ2) is 4.61. The third kappa shape index (κ3) is 3.08. The van der Waals surface area contributed by atoms with E-state index in [0.717, 1.165) is 0 Å². The summed E-state index contributed by atoms with van der Waals surface area (Å²) in [5.41, 5.74) is 5.18. The Labute approximate surface area is 110 Å². The largest absolute Gasteiger partial charge is 0.476 e. The maximum atomic E-state index is 11.8. The molecule has 0 radical (unpaired) electrons. The van der Waals surface area contributed by atoms with E-state index >= 15 is 0 Å². The summed E-state index contributed by atoms with van der Waals surface area (Å²) >= 11 is 0. The summed E-state index contributed by atoms with van der Waals surface area (Å²) < 4.78 is 1.49. The van der Waals surface area contributed by atoms with Gasteiger partial charge in [0.25, 0.3) is 0 Å². The molecule has 8 nitrogen and oxygen atoms in total. The summed E-state index contributed by atoms with van der Waals surface area (Å²) in [5.74, 6) is -1.11. The van der Waals surface area contributed by atoms with Crippen LogP contribution in [0.5, 0.6) is 0 Å². The lowest BCUT2D eigenvalue weighted by Crippen LogP contribution is -2.53. The number of carboxylic acids is 1. The normalized spacial score (nSPS) is 16.3. The van der Waals surface area contributed by atoms with Gasteiger partial charge in [0.05, 0.1) is 12.2 Å². The van der Waals surface area contributed by atoms with Crippen LogP contribution < -0.4 is 5.73 Å². The molecule has 19 heavy (non-hydrogen) atoms. The zero-order chi connectivity index (χ0) is 14.2. The van der Waals surface area contributed by atoms with Gasteiger partial charge in [-0.05, 0) is 13.8 Å². The van der Waals surface area contributed by atoms with Crippen molar-refractivity contribution in [3.05, 3.63) is 11.9 Å². The van der Waals surface area contributed by atoms with Crippen molar-refractivity contribution in [3.8, 4) is 0 Å². The van der Waals surface area contributed by atoms with Crippen LogP contribution in [0.25, 0.3) is 0 Å². The first-order valence-corrected chi connectivity index (χ1v) is 5.98. The van der Waals surface area contributed by atoms with Crippen molar-refractivity contribution in [2.75, 3.05) is 13.1 Å². The fourth-order valence-corrected chi connectivity index (χ4v) is 1.88. The van der Waals surface area contributed by atoms with E-state index < -0.39 is 11.5 Å². The molecule has 1 saturated heterocycles. The molecule has 0 saturated carbocycles. The number of nitrogens with zero attached hydrogens (tertiary/aromatic N) is 4. The molecule has 0 unspecified atom stereocenters. The second-order valence-electron chi connectivity index (χ2n) is 5.51. The quantitative estimate of drug-likeness (QED) is 0.759. The van der Waals surface area contributed by atoms with Crippen LogP contribution in [-0.4, -0.2) is 55.5 Å². The van der Waals surface area contributed by atoms with E-state index in [0.29, 0.717) is 13.1 Å². The van der Waals surface area contributed by atoms with Crippen LogP contribution in [0, 0.1) is 0 Å². The predicted molar refractivity (Wildman–Crippen MR) is 65.5 cm³/mol. The Morgan fingerprint density at radius 2 is 2.16 bits per heavy atom. The van der Waals surface area contributed by atoms with Crippen molar-refractivity contribution in [3.63, 3.8) is 0 Å². The summed E-state index contributed by atoms with van der Waals surface area (Å²) in [6, 6.07) is -0.00885. The smallest absolute Gasteiger partial charge is 0.358 e. The van der Waals surface area contributed by atoms with Gasteiger partial charge < -0.3 is 15.7 Å². The third-order valence-electron chi connectivity index (χ3n) is 2.93. The highest BCUT2D eigenvalue weighted by molar-refractivity contribution is 5.84. The van der Waals surface area contributed by atoms with E-state index in [2.05, 4.69) is 10.3 Å². The number of likely N-dealkylation sites (tertiary alicyclic amines) is 1. The molecule has 3 N–H and O–H groups in total. The molecule has 0 bridgehead atoms. The van der Waals surface area contributed by atoms with Gasteiger partial charge in [0.15, 0.2) is 5.69 Å². The number of rotatable bonds is 4. The molecular formula is C11H17N5O3. The first kappa shape index (κ1) is 13.5. The monoisotopic (exact) mass is 267 g/mol. The number of carbonyl (C=O) groups is 2. The van der Waals surface area contributed by atoms with Gasteiger partial charge in [0, 0.05) is 25.0 Å². The van der Waals surface area contributed by atoms with E-state index in [4.69, 9.17) is 10.8 Å². The van der Waals surface area contributed by atoms with Crippen molar-refractivity contribution in [1.29, 1.82) is 0 Å². The standard InChI is InChI=1S/C11H17N5O3/c1-11(2,12)3-9(17)15-4-7(5-15)16-6-8(10(18)19)13-14-16/h6-7H,3-5,12H2,1-2H3,(H,18,19). The molecule has 1 aliphatic rings. The molecule has 104 valence electrons. The number of nitrogens with two attached hydrogens (primary N) is 1. The van der Waals surface area contributed by atoms with Crippen LogP contribution in [0.1, 0.15) is 36.8 Å². The van der Waals surface area contributed by atoms with E-state index in [1.807, 2.05) is 0 Å². The number of amides is 1. The Bertz CT molecular complexity index is 499. The molecule has 1 aromatic heterocycles. The molecule has 0 aliphatic carbocycles. The number of carbonyl (C=O) groups excluding carboxylic acids is 1. The number of aromatic nitrogens is 3. The van der Waals surface area contributed by atoms with Crippen molar-refractivity contribution >= 4 is 11.9 Å². The van der Waals surface area contributed by atoms with Crippen molar-refractivity contribution in [2.45, 2.75) is 31.8 Å². The van der Waals surface area contributed by atoms with Crippen LogP contribution in [-0.2, 0) is 4.79 Å². The molecule has 1 fully saturated rings. The van der Waals surface area contributed by atoms with Crippen LogP contribution in [0.4, 0.5) is 0 Å². The highest BCUT2D eigenvalue weighted by atomic mass is 16.4. The molecule has 2 rings (SSSR count). The van der Waals surface area contributed by atoms with Crippen molar-refractivity contribution < 1.29 is 14.7 Å². The lowest BCUT2D eigenvalue weighted by molar-refractivity contribution is -0.138. The molecule has 8 heteroatoms. The lowest BCUT2D eigenvalue weighted by Gasteiger charge is -2.40. The van der Waals surface area contributed by atoms with Gasteiger partial charge in [-0.15, -0.1) is 5.10 Å². The van der Waals surface area contributed by atoms with Gasteiger partial charge in [-0.25, -0.2) is 9.48 Å². The molecule has 1 aromatic rings. The van der Waals surface area contributed by atoms with E-state index in [-0.39, 0.29) is 24.1 Å². The average Bonchev–Trinajstić information content (AvgIpc) is 2.61. The Kier molecular flexibility index (Phi) is 3.27. The van der Waals surface area contributed by atoms with Gasteiger partial charge in [0.2, 0.25) is 5.91 Å². The summed E-state index contributed by atoms with van der Waals surface area (Å²) in [7, 11) is 0. The first-order valence-electron chi connectivity index (χ1n) is 5.98. The summed E-state index contributed by atoms with van der Waals surface area (Å²) in [4.78, 5) is 24.2. The fourth-order valence-electron chi connectivity index (χ4n) is 1.88. The zero-order valence-corrected chi connectivity index (χ0v) is 10.9. The van der Waals surface area contributed by atoms with Gasteiger partial charge >= 0.3 is 5.97 Å². The van der Waals surface area contributed by atoms with Gasteiger partial charge in [0.1, 0.15) is 0 Å². The van der Waals surface area contributed by atoms with E-state index in [1.54, 1.807) is 18.7 Å². The SMILES string of the molecule is CC(C)(N)CC(=O)N1CC(n2cc(C(=O)O)nn2)C1. The van der Waals surface area contributed by atoms with Gasteiger partial charge in [-0.1, -0.05) is 5.21 Å². The van der Waals surface area contributed by atoms with Crippen LogP contribution >= 0.6 is 0 Å². The van der Waals surface area contributed by atoms with E-state index in [1.165, 1.54) is 10.9 Å². The minimum absolute atomic E-state index is 0.00215. The number of carboxylic acid groups (broad SMARTS) is 1. The molecule has 0 aromatic carbocycles. The third-order valence-corrected chi connectivity index (χ3v) is 2.93. The van der Waals surface area contributed by atoms with Gasteiger partial charge in [-0.3, -0.25) is 4.79 Å². The number of hydrogen-bond donors (Lipinski definition) is 2. The number of aromatic carboxylic acids is 1. The van der Waals surface area contributed by atoms with Crippen molar-refractivity contribution in [1.82, 2.24) is 19.9 Å². The van der Waals surface area contributed by atoms with Crippen molar-refractivity contribution in [2.24, 2.45) is 5.73 Å². The Morgan fingerprint density at radius 1 is 1.53 bits per heavy atom. The Morgan fingerprint density at radius 3 is 2.63 bits per heavy atom. The Hall–Kier alpha value is -1.96. The molecule has 1 aliphatic heterocycles. The summed E-state index contributed by atoms with van der Waals surface area (Å²) in [6.45, 7) is 4.63. The summed E-state index contributed by atoms with van der Waals surface area (Å²) in [5, 5.41) is 16.0. The number of hydrogen-bond acceptors (Lipinski definition) is 5. The topological polar surface area (TPSA) is 114 Å².